The van der Waals surface area contributed by atoms with E-state index in [0.29, 0.717) is 18.3 Å². The maximum Gasteiger partial charge on any atom is 0.136 e. The summed E-state index contributed by atoms with van der Waals surface area (Å²) < 4.78 is 5.39. The van der Waals surface area contributed by atoms with Crippen molar-refractivity contribution in [2.75, 3.05) is 24.8 Å². The van der Waals surface area contributed by atoms with E-state index in [2.05, 4.69) is 20.9 Å². The molecule has 2 N–H and O–H groups in total. The molecule has 1 aliphatic carbocycles. The SMILES string of the molecule is COc1ccccc1CN(C)c1cc(N)nc(C2CC2)n1. The van der Waals surface area contributed by atoms with Gasteiger partial charge < -0.3 is 15.4 Å². The predicted octanol–water partition coefficient (Wildman–Crippen LogP) is 2.58. The smallest absolute Gasteiger partial charge is 0.136 e. The van der Waals surface area contributed by atoms with Crippen LogP contribution in [0, 0.1) is 0 Å². The molecule has 0 amide bonds. The molecule has 0 bridgehead atoms. The Hall–Kier alpha value is -2.30. The van der Waals surface area contributed by atoms with Crippen molar-refractivity contribution in [1.82, 2.24) is 9.97 Å². The van der Waals surface area contributed by atoms with Crippen LogP contribution in [-0.4, -0.2) is 24.1 Å². The van der Waals surface area contributed by atoms with Gasteiger partial charge in [0, 0.05) is 31.1 Å². The molecular formula is C16H20N4O. The van der Waals surface area contributed by atoms with E-state index < -0.39 is 0 Å². The quantitative estimate of drug-likeness (QED) is 0.914. The second-order valence-corrected chi connectivity index (χ2v) is 5.45. The largest absolute Gasteiger partial charge is 0.496 e. The van der Waals surface area contributed by atoms with Gasteiger partial charge in [-0.15, -0.1) is 0 Å². The van der Waals surface area contributed by atoms with Gasteiger partial charge in [0.1, 0.15) is 23.2 Å². The Morgan fingerprint density at radius 3 is 2.76 bits per heavy atom. The van der Waals surface area contributed by atoms with E-state index in [1.165, 1.54) is 12.8 Å². The van der Waals surface area contributed by atoms with Crippen LogP contribution in [0.3, 0.4) is 0 Å². The van der Waals surface area contributed by atoms with Gasteiger partial charge in [-0.2, -0.15) is 0 Å². The topological polar surface area (TPSA) is 64.3 Å². The highest BCUT2D eigenvalue weighted by Crippen LogP contribution is 2.39. The first-order valence-corrected chi connectivity index (χ1v) is 7.15. The van der Waals surface area contributed by atoms with Gasteiger partial charge in [0.25, 0.3) is 0 Å². The molecule has 0 saturated heterocycles. The summed E-state index contributed by atoms with van der Waals surface area (Å²) in [6.07, 6.45) is 2.33. The first-order valence-electron chi connectivity index (χ1n) is 7.15. The fourth-order valence-corrected chi connectivity index (χ4v) is 2.36. The van der Waals surface area contributed by atoms with Crippen LogP contribution in [0.4, 0.5) is 11.6 Å². The zero-order chi connectivity index (χ0) is 14.8. The molecule has 0 radical (unpaired) electrons. The Morgan fingerprint density at radius 2 is 2.05 bits per heavy atom. The third-order valence-electron chi connectivity index (χ3n) is 3.68. The van der Waals surface area contributed by atoms with Crippen molar-refractivity contribution in [3.63, 3.8) is 0 Å². The summed E-state index contributed by atoms with van der Waals surface area (Å²) >= 11 is 0. The summed E-state index contributed by atoms with van der Waals surface area (Å²) in [7, 11) is 3.69. The monoisotopic (exact) mass is 284 g/mol. The zero-order valence-electron chi connectivity index (χ0n) is 12.4. The number of anilines is 2. The number of rotatable bonds is 5. The lowest BCUT2D eigenvalue weighted by atomic mass is 10.2. The van der Waals surface area contributed by atoms with Crippen LogP contribution in [0.2, 0.25) is 0 Å². The predicted molar refractivity (Wildman–Crippen MR) is 83.5 cm³/mol. The summed E-state index contributed by atoms with van der Waals surface area (Å²) in [4.78, 5) is 11.0. The van der Waals surface area contributed by atoms with Crippen molar-refractivity contribution in [2.45, 2.75) is 25.3 Å². The van der Waals surface area contributed by atoms with Crippen molar-refractivity contribution in [1.29, 1.82) is 0 Å². The lowest BCUT2D eigenvalue weighted by molar-refractivity contribution is 0.409. The summed E-state index contributed by atoms with van der Waals surface area (Å²) in [5.74, 6) is 3.64. The van der Waals surface area contributed by atoms with Crippen molar-refractivity contribution in [3.05, 3.63) is 41.7 Å². The molecule has 110 valence electrons. The summed E-state index contributed by atoms with van der Waals surface area (Å²) in [6.45, 7) is 0.713. The van der Waals surface area contributed by atoms with Gasteiger partial charge in [0.05, 0.1) is 7.11 Å². The number of nitrogens with two attached hydrogens (primary N) is 1. The van der Waals surface area contributed by atoms with Crippen molar-refractivity contribution in [3.8, 4) is 5.75 Å². The van der Waals surface area contributed by atoms with Crippen molar-refractivity contribution in [2.24, 2.45) is 0 Å². The molecule has 0 atom stereocenters. The van der Waals surface area contributed by atoms with Crippen LogP contribution >= 0.6 is 0 Å². The van der Waals surface area contributed by atoms with E-state index in [9.17, 15) is 0 Å². The molecule has 1 aliphatic rings. The average Bonchev–Trinajstić information content (AvgIpc) is 3.32. The third kappa shape index (κ3) is 3.07. The highest BCUT2D eigenvalue weighted by molar-refractivity contribution is 5.48. The normalized spacial score (nSPS) is 14.0. The third-order valence-corrected chi connectivity index (χ3v) is 3.68. The van der Waals surface area contributed by atoms with Crippen LogP contribution in [0.1, 0.15) is 30.1 Å². The van der Waals surface area contributed by atoms with Crippen molar-refractivity contribution < 1.29 is 4.74 Å². The molecule has 1 aromatic heterocycles. The number of ether oxygens (including phenoxy) is 1. The maximum atomic E-state index is 5.91. The standard InChI is InChI=1S/C16H20N4O/c1-20(10-12-5-3-4-6-13(12)21-2)15-9-14(17)18-16(19-15)11-7-8-11/h3-6,9,11H,7-8,10H2,1-2H3,(H2,17,18,19). The highest BCUT2D eigenvalue weighted by atomic mass is 16.5. The van der Waals surface area contributed by atoms with Crippen molar-refractivity contribution >= 4 is 11.6 Å². The second kappa shape index (κ2) is 5.60. The molecule has 0 aliphatic heterocycles. The van der Waals surface area contributed by atoms with Gasteiger partial charge in [-0.25, -0.2) is 9.97 Å². The summed E-state index contributed by atoms with van der Waals surface area (Å²) in [5.41, 5.74) is 7.03. The molecule has 1 heterocycles. The van der Waals surface area contributed by atoms with E-state index in [-0.39, 0.29) is 0 Å². The molecular weight excluding hydrogens is 264 g/mol. The molecule has 5 nitrogen and oxygen atoms in total. The fourth-order valence-electron chi connectivity index (χ4n) is 2.36. The molecule has 1 saturated carbocycles. The van der Waals surface area contributed by atoms with Crippen LogP contribution in [0.25, 0.3) is 0 Å². The lowest BCUT2D eigenvalue weighted by Crippen LogP contribution is -2.19. The van der Waals surface area contributed by atoms with Gasteiger partial charge in [-0.05, 0) is 18.9 Å². The maximum absolute atomic E-state index is 5.91. The minimum absolute atomic E-state index is 0.493. The first-order chi connectivity index (χ1) is 10.2. The molecule has 0 spiro atoms. The second-order valence-electron chi connectivity index (χ2n) is 5.45. The number of para-hydroxylation sites is 1. The number of hydrogen-bond donors (Lipinski definition) is 1. The van der Waals surface area contributed by atoms with E-state index in [1.54, 1.807) is 7.11 Å². The van der Waals surface area contributed by atoms with E-state index in [4.69, 9.17) is 10.5 Å². The average molecular weight is 284 g/mol. The Bertz CT molecular complexity index is 640. The number of benzene rings is 1. The number of aromatic nitrogens is 2. The number of nitrogen functional groups attached to an aromatic ring is 1. The van der Waals surface area contributed by atoms with Crippen LogP contribution in [0.5, 0.6) is 5.75 Å². The van der Waals surface area contributed by atoms with Gasteiger partial charge in [0.15, 0.2) is 0 Å². The minimum atomic E-state index is 0.493. The molecule has 5 heteroatoms. The van der Waals surface area contributed by atoms with Gasteiger partial charge in [-0.3, -0.25) is 0 Å². The molecule has 2 aromatic rings. The number of nitrogens with zero attached hydrogens (tertiary/aromatic N) is 3. The van der Waals surface area contributed by atoms with E-state index >= 15 is 0 Å². The Morgan fingerprint density at radius 1 is 1.29 bits per heavy atom. The highest BCUT2D eigenvalue weighted by Gasteiger charge is 2.27. The Balaban J connectivity index is 1.83. The van der Waals surface area contributed by atoms with Gasteiger partial charge in [0.2, 0.25) is 0 Å². The van der Waals surface area contributed by atoms with Crippen LogP contribution in [0.15, 0.2) is 30.3 Å². The molecule has 1 fully saturated rings. The lowest BCUT2D eigenvalue weighted by Gasteiger charge is -2.20. The molecule has 21 heavy (non-hydrogen) atoms. The fraction of sp³-hybridized carbons (Fsp3) is 0.375. The first kappa shape index (κ1) is 13.7. The van der Waals surface area contributed by atoms with Gasteiger partial charge in [-0.1, -0.05) is 18.2 Å². The van der Waals surface area contributed by atoms with E-state index in [0.717, 1.165) is 23.0 Å². The zero-order valence-corrected chi connectivity index (χ0v) is 12.4. The Kier molecular flexibility index (Phi) is 3.64. The van der Waals surface area contributed by atoms with Crippen LogP contribution in [-0.2, 0) is 6.54 Å². The Labute approximate surface area is 124 Å². The number of hydrogen-bond acceptors (Lipinski definition) is 5. The van der Waals surface area contributed by atoms with Crippen LogP contribution < -0.4 is 15.4 Å². The number of methoxy groups -OCH3 is 1. The van der Waals surface area contributed by atoms with E-state index in [1.807, 2.05) is 31.3 Å². The van der Waals surface area contributed by atoms with Gasteiger partial charge >= 0.3 is 0 Å². The minimum Gasteiger partial charge on any atom is -0.496 e. The molecule has 1 aromatic carbocycles. The molecule has 0 unspecified atom stereocenters. The molecule has 3 rings (SSSR count). The summed E-state index contributed by atoms with van der Waals surface area (Å²) in [5, 5.41) is 0. The summed E-state index contributed by atoms with van der Waals surface area (Å²) in [6, 6.07) is 9.82.